The molecule has 5 heteroatoms. The van der Waals surface area contributed by atoms with Gasteiger partial charge in [-0.1, -0.05) is 18.2 Å². The zero-order valence-electron chi connectivity index (χ0n) is 11.8. The monoisotopic (exact) mass is 280 g/mol. The van der Waals surface area contributed by atoms with Crippen LogP contribution in [0.15, 0.2) is 18.2 Å². The Morgan fingerprint density at radius 3 is 2.35 bits per heavy atom. The molecule has 5 nitrogen and oxygen atoms in total. The number of benzene rings is 1. The number of aryl methyl sites for hydroxylation is 1. The number of carbonyl (C=O) groups excluding carboxylic acids is 2. The van der Waals surface area contributed by atoms with E-state index in [0.717, 1.165) is 0 Å². The van der Waals surface area contributed by atoms with E-state index in [1.54, 1.807) is 32.0 Å². The van der Waals surface area contributed by atoms with Gasteiger partial charge in [0.2, 0.25) is 0 Å². The lowest BCUT2D eigenvalue weighted by atomic mass is 9.98. The summed E-state index contributed by atoms with van der Waals surface area (Å²) in [5, 5.41) is 9.32. The van der Waals surface area contributed by atoms with E-state index >= 15 is 0 Å². The van der Waals surface area contributed by atoms with Gasteiger partial charge in [0.05, 0.1) is 25.4 Å². The molecule has 1 aromatic rings. The van der Waals surface area contributed by atoms with E-state index in [1.807, 2.05) is 0 Å². The molecular weight excluding hydrogens is 260 g/mol. The number of rotatable bonds is 7. The van der Waals surface area contributed by atoms with Crippen LogP contribution in [-0.2, 0) is 27.3 Å². The molecule has 1 N–H and O–H groups in total. The Bertz CT molecular complexity index is 467. The van der Waals surface area contributed by atoms with Gasteiger partial charge in [-0.15, -0.1) is 0 Å². The quantitative estimate of drug-likeness (QED) is 0.772. The number of hydrogen-bond donors (Lipinski definition) is 1. The Labute approximate surface area is 118 Å². The van der Waals surface area contributed by atoms with Gasteiger partial charge >= 0.3 is 11.9 Å². The molecule has 0 saturated heterocycles. The van der Waals surface area contributed by atoms with Crippen molar-refractivity contribution < 1.29 is 24.2 Å². The molecule has 20 heavy (non-hydrogen) atoms. The van der Waals surface area contributed by atoms with Crippen molar-refractivity contribution in [2.45, 2.75) is 33.3 Å². The maximum Gasteiger partial charge on any atom is 0.338 e. The fraction of sp³-hybridized carbons (Fsp3) is 0.467. The van der Waals surface area contributed by atoms with Gasteiger partial charge in [-0.3, -0.25) is 4.79 Å². The lowest BCUT2D eigenvalue weighted by Crippen LogP contribution is -2.13. The van der Waals surface area contributed by atoms with E-state index < -0.39 is 5.97 Å². The summed E-state index contributed by atoms with van der Waals surface area (Å²) >= 11 is 0. The first-order chi connectivity index (χ1) is 9.63. The highest BCUT2D eigenvalue weighted by Gasteiger charge is 2.17. The van der Waals surface area contributed by atoms with Crippen molar-refractivity contribution in [1.29, 1.82) is 0 Å². The molecule has 0 aromatic heterocycles. The lowest BCUT2D eigenvalue weighted by molar-refractivity contribution is -0.143. The normalized spacial score (nSPS) is 10.2. The fourth-order valence-corrected chi connectivity index (χ4v) is 1.93. The van der Waals surface area contributed by atoms with Gasteiger partial charge in [0.15, 0.2) is 0 Å². The average molecular weight is 280 g/mol. The van der Waals surface area contributed by atoms with Gasteiger partial charge in [0, 0.05) is 6.42 Å². The average Bonchev–Trinajstić information content (AvgIpc) is 2.45. The summed E-state index contributed by atoms with van der Waals surface area (Å²) in [4.78, 5) is 23.4. The van der Waals surface area contributed by atoms with Crippen LogP contribution in [0, 0.1) is 0 Å². The molecule has 1 aromatic carbocycles. The van der Waals surface area contributed by atoms with Crippen molar-refractivity contribution in [3.63, 3.8) is 0 Å². The predicted molar refractivity (Wildman–Crippen MR) is 73.3 cm³/mol. The minimum Gasteiger partial charge on any atom is -0.466 e. The highest BCUT2D eigenvalue weighted by molar-refractivity contribution is 5.93. The third kappa shape index (κ3) is 4.35. The van der Waals surface area contributed by atoms with Crippen LogP contribution in [0.4, 0.5) is 0 Å². The molecule has 1 rings (SSSR count). The summed E-state index contributed by atoms with van der Waals surface area (Å²) in [5.74, 6) is -0.785. The van der Waals surface area contributed by atoms with Gasteiger partial charge in [0.1, 0.15) is 0 Å². The Hall–Kier alpha value is -1.88. The van der Waals surface area contributed by atoms with Crippen LogP contribution in [0.25, 0.3) is 0 Å². The second-order valence-corrected chi connectivity index (χ2v) is 4.13. The third-order valence-electron chi connectivity index (χ3n) is 2.79. The first-order valence-electron chi connectivity index (χ1n) is 6.68. The van der Waals surface area contributed by atoms with Crippen LogP contribution in [0.5, 0.6) is 0 Å². The molecule has 0 bridgehead atoms. The summed E-state index contributed by atoms with van der Waals surface area (Å²) in [7, 11) is 0. The molecule has 0 radical (unpaired) electrons. The van der Waals surface area contributed by atoms with Crippen LogP contribution in [-0.4, -0.2) is 30.3 Å². The summed E-state index contributed by atoms with van der Waals surface area (Å²) < 4.78 is 9.86. The van der Waals surface area contributed by atoms with Crippen molar-refractivity contribution in [1.82, 2.24) is 0 Å². The van der Waals surface area contributed by atoms with Crippen molar-refractivity contribution >= 4 is 11.9 Å². The Balaban J connectivity index is 2.94. The highest BCUT2D eigenvalue weighted by Crippen LogP contribution is 2.18. The van der Waals surface area contributed by atoms with Crippen molar-refractivity contribution in [2.24, 2.45) is 0 Å². The molecule has 0 unspecified atom stereocenters. The van der Waals surface area contributed by atoms with Gasteiger partial charge in [-0.05, 0) is 31.4 Å². The van der Waals surface area contributed by atoms with E-state index in [0.29, 0.717) is 29.7 Å². The molecule has 0 aliphatic carbocycles. The largest absolute Gasteiger partial charge is 0.466 e. The second kappa shape index (κ2) is 8.32. The Kier molecular flexibility index (Phi) is 6.73. The number of aliphatic hydroxyl groups is 1. The molecule has 0 atom stereocenters. The minimum absolute atomic E-state index is 0.190. The van der Waals surface area contributed by atoms with Crippen LogP contribution in [0.3, 0.4) is 0 Å². The molecule has 0 heterocycles. The van der Waals surface area contributed by atoms with Crippen LogP contribution in [0.2, 0.25) is 0 Å². The Morgan fingerprint density at radius 1 is 1.10 bits per heavy atom. The van der Waals surface area contributed by atoms with Crippen LogP contribution < -0.4 is 0 Å². The second-order valence-electron chi connectivity index (χ2n) is 4.13. The molecule has 110 valence electrons. The number of hydrogen-bond acceptors (Lipinski definition) is 5. The van der Waals surface area contributed by atoms with E-state index in [4.69, 9.17) is 9.47 Å². The number of aliphatic hydroxyl groups excluding tert-OH is 1. The first-order valence-corrected chi connectivity index (χ1v) is 6.68. The number of ether oxygens (including phenoxy) is 2. The Morgan fingerprint density at radius 2 is 1.75 bits per heavy atom. The van der Waals surface area contributed by atoms with E-state index in [-0.39, 0.29) is 25.6 Å². The molecule has 0 amide bonds. The van der Waals surface area contributed by atoms with Gasteiger partial charge < -0.3 is 14.6 Å². The maximum absolute atomic E-state index is 12.0. The molecule has 0 fully saturated rings. The molecular formula is C15H20O5. The highest BCUT2D eigenvalue weighted by atomic mass is 16.5. The van der Waals surface area contributed by atoms with E-state index in [2.05, 4.69) is 0 Å². The van der Waals surface area contributed by atoms with Gasteiger partial charge in [0.25, 0.3) is 0 Å². The van der Waals surface area contributed by atoms with E-state index in [1.165, 1.54) is 0 Å². The number of carbonyl (C=O) groups is 2. The van der Waals surface area contributed by atoms with Gasteiger partial charge in [-0.25, -0.2) is 4.79 Å². The maximum atomic E-state index is 12.0. The van der Waals surface area contributed by atoms with Gasteiger partial charge in [-0.2, -0.15) is 0 Å². The molecule has 0 aliphatic rings. The van der Waals surface area contributed by atoms with Crippen molar-refractivity contribution in [3.05, 3.63) is 34.9 Å². The summed E-state index contributed by atoms with van der Waals surface area (Å²) in [6, 6.07) is 5.17. The predicted octanol–water partition coefficient (Wildman–Crippen LogP) is 1.85. The van der Waals surface area contributed by atoms with E-state index in [9.17, 15) is 14.7 Å². The lowest BCUT2D eigenvalue weighted by Gasteiger charge is -2.12. The summed E-state index contributed by atoms with van der Waals surface area (Å²) in [6.45, 7) is 3.81. The zero-order chi connectivity index (χ0) is 15.0. The van der Waals surface area contributed by atoms with Crippen molar-refractivity contribution in [2.75, 3.05) is 13.2 Å². The number of esters is 2. The van der Waals surface area contributed by atoms with Crippen LogP contribution >= 0.6 is 0 Å². The topological polar surface area (TPSA) is 72.8 Å². The first kappa shape index (κ1) is 16.2. The fourth-order valence-electron chi connectivity index (χ4n) is 1.93. The minimum atomic E-state index is -0.476. The standard InChI is InChI=1S/C15H20O5/c1-3-19-13(17)9-8-11-6-5-7-12(10-16)14(11)15(18)20-4-2/h5-7,16H,3-4,8-10H2,1-2H3. The summed E-state index contributed by atoms with van der Waals surface area (Å²) in [6.07, 6.45) is 0.565. The zero-order valence-corrected chi connectivity index (χ0v) is 11.8. The SMILES string of the molecule is CCOC(=O)CCc1cccc(CO)c1C(=O)OCC. The molecule has 0 spiro atoms. The third-order valence-corrected chi connectivity index (χ3v) is 2.79. The van der Waals surface area contributed by atoms with Crippen molar-refractivity contribution in [3.8, 4) is 0 Å². The molecule has 0 aliphatic heterocycles. The molecule has 0 saturated carbocycles. The van der Waals surface area contributed by atoms with Crippen LogP contribution in [0.1, 0.15) is 41.8 Å². The summed E-state index contributed by atoms with van der Waals surface area (Å²) in [5.41, 5.74) is 1.54. The smallest absolute Gasteiger partial charge is 0.338 e.